The van der Waals surface area contributed by atoms with Crippen LogP contribution in [0.2, 0.25) is 0 Å². The van der Waals surface area contributed by atoms with E-state index >= 15 is 0 Å². The van der Waals surface area contributed by atoms with E-state index in [-0.39, 0.29) is 11.4 Å². The van der Waals surface area contributed by atoms with E-state index in [1.165, 1.54) is 0 Å². The number of nitrogens with one attached hydrogen (secondary N) is 1. The summed E-state index contributed by atoms with van der Waals surface area (Å²) in [5, 5.41) is 2.64. The molecule has 128 valence electrons. The molecule has 1 N–H and O–H groups in total. The maximum absolute atomic E-state index is 12.0. The third kappa shape index (κ3) is 2.91. The summed E-state index contributed by atoms with van der Waals surface area (Å²) in [5.74, 6) is 1.55. The molecule has 7 heteroatoms. The van der Waals surface area contributed by atoms with Crippen LogP contribution in [-0.4, -0.2) is 43.9 Å². The lowest BCUT2D eigenvalue weighted by molar-refractivity contribution is 0.0954. The molecule has 0 aromatic carbocycles. The van der Waals surface area contributed by atoms with E-state index in [9.17, 15) is 4.79 Å². The number of rotatable bonds is 4. The van der Waals surface area contributed by atoms with Crippen molar-refractivity contribution < 1.29 is 4.79 Å². The van der Waals surface area contributed by atoms with Crippen LogP contribution in [0.3, 0.4) is 0 Å². The quantitative estimate of drug-likeness (QED) is 0.918. The molecule has 1 atom stereocenters. The van der Waals surface area contributed by atoms with Gasteiger partial charge < -0.3 is 9.88 Å². The smallest absolute Gasteiger partial charge is 0.269 e. The first-order chi connectivity index (χ1) is 11.4. The molecule has 7 nitrogen and oxygen atoms in total. The standard InChI is InChI=1S/C17H24N6O/c1-12-10-13(15(24)18-3)21-16(20-12)17(2)6-5-8-23(17)11-14-19-7-9-22(14)4/h7,9-10H,5-6,8,11H2,1-4H3,(H,18,24). The molecular formula is C17H24N6O. The molecule has 0 radical (unpaired) electrons. The number of hydrogen-bond acceptors (Lipinski definition) is 5. The van der Waals surface area contributed by atoms with E-state index in [4.69, 9.17) is 0 Å². The van der Waals surface area contributed by atoms with Gasteiger partial charge in [-0.3, -0.25) is 9.69 Å². The predicted molar refractivity (Wildman–Crippen MR) is 90.4 cm³/mol. The van der Waals surface area contributed by atoms with E-state index in [0.29, 0.717) is 11.5 Å². The normalized spacial score (nSPS) is 21.2. The van der Waals surface area contributed by atoms with Crippen LogP contribution in [0.4, 0.5) is 0 Å². The zero-order valence-corrected chi connectivity index (χ0v) is 14.7. The molecule has 0 bridgehead atoms. The first kappa shape index (κ1) is 16.6. The van der Waals surface area contributed by atoms with Gasteiger partial charge in [-0.05, 0) is 39.3 Å². The largest absolute Gasteiger partial charge is 0.354 e. The summed E-state index contributed by atoms with van der Waals surface area (Å²) in [6, 6.07) is 1.73. The Balaban J connectivity index is 1.95. The Hall–Kier alpha value is -2.28. The minimum atomic E-state index is -0.291. The summed E-state index contributed by atoms with van der Waals surface area (Å²) in [5.41, 5.74) is 0.939. The van der Waals surface area contributed by atoms with Crippen molar-refractivity contribution in [2.75, 3.05) is 13.6 Å². The molecule has 2 aromatic heterocycles. The van der Waals surface area contributed by atoms with Gasteiger partial charge in [-0.1, -0.05) is 0 Å². The Kier molecular flexibility index (Phi) is 4.36. The SMILES string of the molecule is CNC(=O)c1cc(C)nc(C2(C)CCCN2Cc2nccn2C)n1. The monoisotopic (exact) mass is 328 g/mol. The van der Waals surface area contributed by atoms with Gasteiger partial charge in [0, 0.05) is 32.2 Å². The van der Waals surface area contributed by atoms with Crippen LogP contribution >= 0.6 is 0 Å². The number of hydrogen-bond donors (Lipinski definition) is 1. The number of aryl methyl sites for hydroxylation is 2. The molecule has 3 heterocycles. The molecule has 0 saturated carbocycles. The molecule has 1 amide bonds. The number of carbonyl (C=O) groups excluding carboxylic acids is 1. The van der Waals surface area contributed by atoms with E-state index in [1.54, 1.807) is 13.1 Å². The Morgan fingerprint density at radius 1 is 1.42 bits per heavy atom. The van der Waals surface area contributed by atoms with Gasteiger partial charge in [-0.15, -0.1) is 0 Å². The molecular weight excluding hydrogens is 304 g/mol. The highest BCUT2D eigenvalue weighted by Crippen LogP contribution is 2.37. The molecule has 24 heavy (non-hydrogen) atoms. The van der Waals surface area contributed by atoms with Gasteiger partial charge in [0.05, 0.1) is 12.1 Å². The highest BCUT2D eigenvalue weighted by molar-refractivity contribution is 5.92. The lowest BCUT2D eigenvalue weighted by Gasteiger charge is -2.33. The van der Waals surface area contributed by atoms with Gasteiger partial charge in [-0.25, -0.2) is 15.0 Å². The average molecular weight is 328 g/mol. The van der Waals surface area contributed by atoms with Crippen molar-refractivity contribution >= 4 is 5.91 Å². The summed E-state index contributed by atoms with van der Waals surface area (Å²) in [4.78, 5) is 28.0. The summed E-state index contributed by atoms with van der Waals surface area (Å²) in [6.07, 6.45) is 5.81. The van der Waals surface area contributed by atoms with Crippen molar-refractivity contribution in [3.63, 3.8) is 0 Å². The molecule has 3 rings (SSSR count). The lowest BCUT2D eigenvalue weighted by Crippen LogP contribution is -2.40. The van der Waals surface area contributed by atoms with E-state index < -0.39 is 0 Å². The van der Waals surface area contributed by atoms with Crippen molar-refractivity contribution in [2.45, 2.75) is 38.8 Å². The fourth-order valence-electron chi connectivity index (χ4n) is 3.30. The van der Waals surface area contributed by atoms with Gasteiger partial charge in [-0.2, -0.15) is 0 Å². The number of carbonyl (C=O) groups is 1. The van der Waals surface area contributed by atoms with E-state index in [2.05, 4.69) is 32.1 Å². The van der Waals surface area contributed by atoms with Crippen LogP contribution in [-0.2, 0) is 19.1 Å². The maximum Gasteiger partial charge on any atom is 0.269 e. The second-order valence-electron chi connectivity index (χ2n) is 6.55. The van der Waals surface area contributed by atoms with Crippen molar-refractivity contribution in [1.29, 1.82) is 0 Å². The number of nitrogens with zero attached hydrogens (tertiary/aromatic N) is 5. The fourth-order valence-corrected chi connectivity index (χ4v) is 3.30. The number of likely N-dealkylation sites (tertiary alicyclic amines) is 1. The summed E-state index contributed by atoms with van der Waals surface area (Å²) < 4.78 is 2.03. The molecule has 0 aliphatic carbocycles. The van der Waals surface area contributed by atoms with Crippen LogP contribution in [0.25, 0.3) is 0 Å². The van der Waals surface area contributed by atoms with Crippen molar-refractivity contribution in [3.05, 3.63) is 41.5 Å². The highest BCUT2D eigenvalue weighted by atomic mass is 16.1. The molecule has 1 aliphatic rings. The van der Waals surface area contributed by atoms with E-state index in [0.717, 1.165) is 37.4 Å². The Bertz CT molecular complexity index is 755. The van der Waals surface area contributed by atoms with Crippen LogP contribution in [0, 0.1) is 6.92 Å². The molecule has 2 aromatic rings. The molecule has 1 fully saturated rings. The summed E-state index contributed by atoms with van der Waals surface area (Å²) in [7, 11) is 3.62. The first-order valence-corrected chi connectivity index (χ1v) is 8.23. The molecule has 0 spiro atoms. The van der Waals surface area contributed by atoms with Crippen LogP contribution in [0.1, 0.15) is 47.6 Å². The number of amides is 1. The van der Waals surface area contributed by atoms with Gasteiger partial charge in [0.25, 0.3) is 5.91 Å². The Morgan fingerprint density at radius 3 is 2.88 bits per heavy atom. The zero-order valence-electron chi connectivity index (χ0n) is 14.7. The number of aromatic nitrogens is 4. The maximum atomic E-state index is 12.0. The highest BCUT2D eigenvalue weighted by Gasteiger charge is 2.41. The van der Waals surface area contributed by atoms with Crippen molar-refractivity contribution in [3.8, 4) is 0 Å². The average Bonchev–Trinajstić information content (AvgIpc) is 3.14. The van der Waals surface area contributed by atoms with Gasteiger partial charge >= 0.3 is 0 Å². The van der Waals surface area contributed by atoms with Crippen molar-refractivity contribution in [1.82, 2.24) is 29.7 Å². The summed E-state index contributed by atoms with van der Waals surface area (Å²) >= 11 is 0. The second-order valence-corrected chi connectivity index (χ2v) is 6.55. The molecule has 1 unspecified atom stereocenters. The van der Waals surface area contributed by atoms with Crippen molar-refractivity contribution in [2.24, 2.45) is 7.05 Å². The predicted octanol–water partition coefficient (Wildman–Crippen LogP) is 1.39. The zero-order chi connectivity index (χ0) is 17.3. The van der Waals surface area contributed by atoms with Gasteiger partial charge in [0.2, 0.25) is 0 Å². The Labute approximate surface area is 142 Å². The van der Waals surface area contributed by atoms with Gasteiger partial charge in [0.15, 0.2) is 0 Å². The molecule has 1 saturated heterocycles. The topological polar surface area (TPSA) is 75.9 Å². The Morgan fingerprint density at radius 2 is 2.21 bits per heavy atom. The minimum absolute atomic E-state index is 0.181. The third-order valence-corrected chi connectivity index (χ3v) is 4.84. The minimum Gasteiger partial charge on any atom is -0.354 e. The third-order valence-electron chi connectivity index (χ3n) is 4.84. The number of imidazole rings is 1. The first-order valence-electron chi connectivity index (χ1n) is 8.23. The second kappa shape index (κ2) is 6.32. The van der Waals surface area contributed by atoms with Gasteiger partial charge in [0.1, 0.15) is 17.3 Å². The fraction of sp³-hybridized carbons (Fsp3) is 0.529. The molecule has 1 aliphatic heterocycles. The van der Waals surface area contributed by atoms with Crippen LogP contribution < -0.4 is 5.32 Å². The van der Waals surface area contributed by atoms with E-state index in [1.807, 2.05) is 30.9 Å². The van der Waals surface area contributed by atoms with Crippen LogP contribution in [0.5, 0.6) is 0 Å². The lowest BCUT2D eigenvalue weighted by atomic mass is 9.97. The van der Waals surface area contributed by atoms with Crippen LogP contribution in [0.15, 0.2) is 18.5 Å². The summed E-state index contributed by atoms with van der Waals surface area (Å²) in [6.45, 7) is 5.77.